The number of imidazole rings is 1. The van der Waals surface area contributed by atoms with Gasteiger partial charge >= 0.3 is 0 Å². The number of halogens is 1. The van der Waals surface area contributed by atoms with Gasteiger partial charge in [0.1, 0.15) is 5.82 Å². The van der Waals surface area contributed by atoms with Gasteiger partial charge in [0.25, 0.3) is 6.01 Å². The van der Waals surface area contributed by atoms with Gasteiger partial charge in [-0.05, 0) is 30.7 Å². The van der Waals surface area contributed by atoms with Gasteiger partial charge in [-0.3, -0.25) is 9.36 Å². The van der Waals surface area contributed by atoms with Crippen LogP contribution in [-0.2, 0) is 24.3 Å². The van der Waals surface area contributed by atoms with E-state index in [1.54, 1.807) is 12.1 Å². The van der Waals surface area contributed by atoms with E-state index in [2.05, 4.69) is 43.7 Å². The molecule has 0 aliphatic rings. The molecule has 7 heteroatoms. The van der Waals surface area contributed by atoms with E-state index in [4.69, 9.17) is 4.74 Å². The lowest BCUT2D eigenvalue weighted by atomic mass is 9.90. The predicted octanol–water partition coefficient (Wildman–Crippen LogP) is 6.05. The summed E-state index contributed by atoms with van der Waals surface area (Å²) in [6.45, 7) is 11.1. The van der Waals surface area contributed by atoms with Gasteiger partial charge in [-0.1, -0.05) is 76.2 Å². The Morgan fingerprint density at radius 2 is 1.86 bits per heavy atom. The first-order valence-corrected chi connectivity index (χ1v) is 12.7. The van der Waals surface area contributed by atoms with Crippen molar-refractivity contribution in [3.63, 3.8) is 0 Å². The van der Waals surface area contributed by atoms with Crippen molar-refractivity contribution in [2.75, 3.05) is 6.61 Å². The van der Waals surface area contributed by atoms with Crippen molar-refractivity contribution in [3.05, 3.63) is 71.3 Å². The van der Waals surface area contributed by atoms with Crippen LogP contribution in [0.5, 0.6) is 6.01 Å². The van der Waals surface area contributed by atoms with Crippen molar-refractivity contribution in [3.8, 4) is 17.1 Å². The van der Waals surface area contributed by atoms with E-state index in [0.29, 0.717) is 36.6 Å². The highest BCUT2D eigenvalue weighted by molar-refractivity contribution is 7.81. The number of hydrogen-bond acceptors (Lipinski definition) is 4. The summed E-state index contributed by atoms with van der Waals surface area (Å²) >= 11 is 4.51. The van der Waals surface area contributed by atoms with Crippen LogP contribution in [0, 0.1) is 11.2 Å². The maximum atomic E-state index is 15.6. The fourth-order valence-corrected chi connectivity index (χ4v) is 4.71. The zero-order valence-corrected chi connectivity index (χ0v) is 22.2. The fourth-order valence-electron chi connectivity index (χ4n) is 4.07. The Balaban J connectivity index is 1.92. The molecule has 0 radical (unpaired) electrons. The van der Waals surface area contributed by atoms with Crippen molar-refractivity contribution in [1.82, 2.24) is 14.9 Å². The molecule has 0 bridgehead atoms. The molecule has 0 aliphatic carbocycles. The van der Waals surface area contributed by atoms with Crippen LogP contribution >= 0.6 is 12.6 Å². The summed E-state index contributed by atoms with van der Waals surface area (Å²) in [5.41, 5.74) is 3.52. The Morgan fingerprint density at radius 3 is 2.49 bits per heavy atom. The number of ether oxygens (including phenoxy) is 1. The lowest BCUT2D eigenvalue weighted by molar-refractivity contribution is -0.121. The molecule has 1 amide bonds. The molecule has 1 N–H and O–H groups in total. The van der Waals surface area contributed by atoms with Crippen LogP contribution in [0.2, 0.25) is 0 Å². The Kier molecular flexibility index (Phi) is 9.00. The summed E-state index contributed by atoms with van der Waals surface area (Å²) in [6.07, 6.45) is 1.32. The van der Waals surface area contributed by atoms with Crippen LogP contribution in [-0.4, -0.2) is 27.3 Å². The minimum absolute atomic E-state index is 0.0104. The van der Waals surface area contributed by atoms with Gasteiger partial charge in [0, 0.05) is 11.1 Å². The molecule has 1 atom stereocenters. The zero-order valence-electron chi connectivity index (χ0n) is 21.3. The van der Waals surface area contributed by atoms with Gasteiger partial charge in [-0.25, -0.2) is 4.39 Å². The molecular formula is C28H36FN3O2S. The number of benzene rings is 2. The Morgan fingerprint density at radius 1 is 1.14 bits per heavy atom. The van der Waals surface area contributed by atoms with E-state index >= 15 is 4.39 Å². The van der Waals surface area contributed by atoms with Gasteiger partial charge in [0.2, 0.25) is 5.91 Å². The molecule has 3 rings (SSSR count). The third-order valence-electron chi connectivity index (χ3n) is 5.76. The number of carbonyl (C=O) groups excluding carboxylic acids is 1. The Bertz CT molecular complexity index is 1140. The monoisotopic (exact) mass is 497 g/mol. The number of aryl methyl sites for hydroxylation is 1. The third kappa shape index (κ3) is 6.88. The van der Waals surface area contributed by atoms with Crippen LogP contribution in [0.3, 0.4) is 0 Å². The number of aromatic nitrogens is 2. The van der Waals surface area contributed by atoms with Crippen LogP contribution in [0.4, 0.5) is 4.39 Å². The number of thiol groups is 1. The predicted molar refractivity (Wildman–Crippen MR) is 142 cm³/mol. The standard InChI is InChI=1S/C28H36FN3O2S/c1-6-22-23(17-30-26(33)24(35)16-28(3,4)5)32(27(31-22)34-7-2)18-20-14-11-15-21(25(20)29)19-12-9-8-10-13-19/h8-15,24,35H,6-7,16-18H2,1-5H3,(H,30,33)/t24-/m0/s1. The number of carbonyl (C=O) groups is 1. The van der Waals surface area contributed by atoms with Crippen molar-refractivity contribution in [2.45, 2.75) is 65.8 Å². The van der Waals surface area contributed by atoms with E-state index in [1.807, 2.05) is 54.8 Å². The number of hydrogen-bond donors (Lipinski definition) is 2. The minimum atomic E-state index is -0.414. The molecule has 0 unspecified atom stereocenters. The van der Waals surface area contributed by atoms with Gasteiger partial charge in [0.05, 0.1) is 36.3 Å². The summed E-state index contributed by atoms with van der Waals surface area (Å²) < 4.78 is 23.3. The number of amides is 1. The average molecular weight is 498 g/mol. The van der Waals surface area contributed by atoms with E-state index in [1.165, 1.54) is 0 Å². The fraction of sp³-hybridized carbons (Fsp3) is 0.429. The third-order valence-corrected chi connectivity index (χ3v) is 6.18. The highest BCUT2D eigenvalue weighted by Gasteiger charge is 2.24. The van der Waals surface area contributed by atoms with Crippen molar-refractivity contribution < 1.29 is 13.9 Å². The summed E-state index contributed by atoms with van der Waals surface area (Å²) in [5.74, 6) is -0.406. The minimum Gasteiger partial charge on any atom is -0.465 e. The first kappa shape index (κ1) is 26.8. The number of rotatable bonds is 10. The van der Waals surface area contributed by atoms with E-state index in [-0.39, 0.29) is 30.2 Å². The largest absolute Gasteiger partial charge is 0.465 e. The molecule has 0 saturated carbocycles. The molecule has 5 nitrogen and oxygen atoms in total. The van der Waals surface area contributed by atoms with Gasteiger partial charge < -0.3 is 10.1 Å². The normalized spacial score (nSPS) is 12.4. The highest BCUT2D eigenvalue weighted by Crippen LogP contribution is 2.28. The molecule has 0 aliphatic heterocycles. The van der Waals surface area contributed by atoms with Crippen LogP contribution in [0.15, 0.2) is 48.5 Å². The Hall–Kier alpha value is -2.80. The molecule has 1 aromatic heterocycles. The number of nitrogens with zero attached hydrogens (tertiary/aromatic N) is 2. The summed E-state index contributed by atoms with van der Waals surface area (Å²) in [6, 6.07) is 15.3. The maximum Gasteiger partial charge on any atom is 0.297 e. The smallest absolute Gasteiger partial charge is 0.297 e. The average Bonchev–Trinajstić information content (AvgIpc) is 3.14. The molecule has 188 valence electrons. The quantitative estimate of drug-likeness (QED) is 0.335. The SMILES string of the molecule is CCOc1nc(CC)c(CNC(=O)[C@@H](S)CC(C)(C)C)n1Cc1cccc(-c2ccccc2)c1F. The van der Waals surface area contributed by atoms with Gasteiger partial charge in [-0.2, -0.15) is 17.6 Å². The van der Waals surface area contributed by atoms with E-state index < -0.39 is 5.25 Å². The highest BCUT2D eigenvalue weighted by atomic mass is 32.1. The molecular weight excluding hydrogens is 461 g/mol. The van der Waals surface area contributed by atoms with Crippen LogP contribution < -0.4 is 10.1 Å². The molecule has 3 aromatic rings. The zero-order chi connectivity index (χ0) is 25.6. The molecule has 0 spiro atoms. The summed E-state index contributed by atoms with van der Waals surface area (Å²) in [4.78, 5) is 17.4. The van der Waals surface area contributed by atoms with E-state index in [9.17, 15) is 4.79 Å². The summed E-state index contributed by atoms with van der Waals surface area (Å²) in [5, 5.41) is 2.59. The van der Waals surface area contributed by atoms with Crippen molar-refractivity contribution in [1.29, 1.82) is 0 Å². The van der Waals surface area contributed by atoms with Gasteiger partial charge in [0.15, 0.2) is 0 Å². The first-order chi connectivity index (χ1) is 16.6. The first-order valence-electron chi connectivity index (χ1n) is 12.1. The molecule has 2 aromatic carbocycles. The van der Waals surface area contributed by atoms with Crippen molar-refractivity contribution in [2.24, 2.45) is 5.41 Å². The molecule has 0 saturated heterocycles. The lowest BCUT2D eigenvalue weighted by Crippen LogP contribution is -2.34. The maximum absolute atomic E-state index is 15.6. The summed E-state index contributed by atoms with van der Waals surface area (Å²) in [7, 11) is 0. The molecule has 1 heterocycles. The van der Waals surface area contributed by atoms with Crippen LogP contribution in [0.1, 0.15) is 58.0 Å². The molecule has 35 heavy (non-hydrogen) atoms. The second-order valence-corrected chi connectivity index (χ2v) is 10.4. The van der Waals surface area contributed by atoms with Gasteiger partial charge in [-0.15, -0.1) is 0 Å². The van der Waals surface area contributed by atoms with E-state index in [0.717, 1.165) is 17.0 Å². The van der Waals surface area contributed by atoms with Crippen molar-refractivity contribution >= 4 is 18.5 Å². The topological polar surface area (TPSA) is 56.1 Å². The van der Waals surface area contributed by atoms with Crippen LogP contribution in [0.25, 0.3) is 11.1 Å². The Labute approximate surface area is 213 Å². The molecule has 0 fully saturated rings. The second-order valence-electron chi connectivity index (χ2n) is 9.80. The second kappa shape index (κ2) is 11.8. The lowest BCUT2D eigenvalue weighted by Gasteiger charge is -2.22. The number of nitrogens with one attached hydrogen (secondary N) is 1.